The standard InChI is InChI=1S/C9H8N2O2/c1-10-6-9(13)11-7-2-4-8(12)5-3-7/h2-5,12H,6H2,(H,11,13). The van der Waals surface area contributed by atoms with E-state index in [1.54, 1.807) is 12.1 Å². The van der Waals surface area contributed by atoms with Crippen LogP contribution in [0.5, 0.6) is 5.75 Å². The number of nitrogens with zero attached hydrogens (tertiary/aromatic N) is 1. The van der Waals surface area contributed by atoms with Crippen molar-refractivity contribution in [2.45, 2.75) is 0 Å². The van der Waals surface area contributed by atoms with E-state index >= 15 is 0 Å². The highest BCUT2D eigenvalue weighted by Crippen LogP contribution is 2.13. The third-order valence-electron chi connectivity index (χ3n) is 1.37. The Balaban J connectivity index is 2.60. The summed E-state index contributed by atoms with van der Waals surface area (Å²) in [6.45, 7) is 6.28. The fourth-order valence-corrected chi connectivity index (χ4v) is 0.817. The normalized spacial score (nSPS) is 8.85. The molecule has 0 aliphatic heterocycles. The minimum atomic E-state index is -0.347. The second kappa shape index (κ2) is 4.12. The lowest BCUT2D eigenvalue weighted by Crippen LogP contribution is -2.13. The molecule has 0 bridgehead atoms. The lowest BCUT2D eigenvalue weighted by atomic mass is 10.3. The molecule has 0 atom stereocenters. The van der Waals surface area contributed by atoms with Crippen LogP contribution in [0.1, 0.15) is 0 Å². The topological polar surface area (TPSA) is 53.7 Å². The predicted molar refractivity (Wildman–Crippen MR) is 48.2 cm³/mol. The molecule has 13 heavy (non-hydrogen) atoms. The number of benzene rings is 1. The summed E-state index contributed by atoms with van der Waals surface area (Å²) in [5, 5.41) is 11.4. The number of nitrogens with one attached hydrogen (secondary N) is 1. The molecule has 1 rings (SSSR count). The van der Waals surface area contributed by atoms with E-state index in [4.69, 9.17) is 11.7 Å². The summed E-state index contributed by atoms with van der Waals surface area (Å²) in [6.07, 6.45) is 0. The van der Waals surface area contributed by atoms with Gasteiger partial charge in [0.2, 0.25) is 0 Å². The van der Waals surface area contributed by atoms with Crippen molar-refractivity contribution in [2.75, 3.05) is 11.9 Å². The van der Waals surface area contributed by atoms with Gasteiger partial charge in [0.05, 0.1) is 0 Å². The molecule has 1 amide bonds. The van der Waals surface area contributed by atoms with Gasteiger partial charge < -0.3 is 15.3 Å². The van der Waals surface area contributed by atoms with E-state index in [9.17, 15) is 4.79 Å². The van der Waals surface area contributed by atoms with Gasteiger partial charge in [0.25, 0.3) is 6.54 Å². The molecule has 66 valence electrons. The number of anilines is 1. The van der Waals surface area contributed by atoms with Gasteiger partial charge in [-0.25, -0.2) is 6.57 Å². The highest BCUT2D eigenvalue weighted by Gasteiger charge is 2.03. The summed E-state index contributed by atoms with van der Waals surface area (Å²) in [4.78, 5) is 13.8. The van der Waals surface area contributed by atoms with Gasteiger partial charge in [0.1, 0.15) is 5.75 Å². The lowest BCUT2D eigenvalue weighted by molar-refractivity contribution is -0.114. The number of amides is 1. The van der Waals surface area contributed by atoms with Gasteiger partial charge >= 0.3 is 5.91 Å². The molecule has 0 unspecified atom stereocenters. The predicted octanol–water partition coefficient (Wildman–Crippen LogP) is 1.25. The second-order valence-electron chi connectivity index (χ2n) is 2.41. The quantitative estimate of drug-likeness (QED) is 0.526. The van der Waals surface area contributed by atoms with Crippen LogP contribution in [0.25, 0.3) is 4.85 Å². The summed E-state index contributed by atoms with van der Waals surface area (Å²) in [7, 11) is 0. The van der Waals surface area contributed by atoms with Crippen molar-refractivity contribution in [1.29, 1.82) is 0 Å². The zero-order valence-corrected chi connectivity index (χ0v) is 6.82. The van der Waals surface area contributed by atoms with Crippen LogP contribution < -0.4 is 5.32 Å². The van der Waals surface area contributed by atoms with Crippen LogP contribution in [-0.2, 0) is 4.79 Å². The molecule has 0 heterocycles. The Morgan fingerprint density at radius 1 is 1.46 bits per heavy atom. The van der Waals surface area contributed by atoms with E-state index < -0.39 is 0 Å². The van der Waals surface area contributed by atoms with Gasteiger partial charge in [0, 0.05) is 5.69 Å². The Hall–Kier alpha value is -2.02. The van der Waals surface area contributed by atoms with Gasteiger partial charge in [-0.3, -0.25) is 4.79 Å². The maximum atomic E-state index is 10.9. The third-order valence-corrected chi connectivity index (χ3v) is 1.37. The van der Waals surface area contributed by atoms with E-state index in [1.165, 1.54) is 12.1 Å². The van der Waals surface area contributed by atoms with Crippen LogP contribution in [0.15, 0.2) is 24.3 Å². The Morgan fingerprint density at radius 3 is 2.62 bits per heavy atom. The first-order valence-corrected chi connectivity index (χ1v) is 3.64. The summed E-state index contributed by atoms with van der Waals surface area (Å²) < 4.78 is 0. The number of carbonyl (C=O) groups is 1. The van der Waals surface area contributed by atoms with Crippen LogP contribution in [0, 0.1) is 6.57 Å². The lowest BCUT2D eigenvalue weighted by Gasteiger charge is -2.00. The zero-order valence-electron chi connectivity index (χ0n) is 6.82. The van der Waals surface area contributed by atoms with Gasteiger partial charge in [-0.15, -0.1) is 0 Å². The molecular formula is C9H8N2O2. The van der Waals surface area contributed by atoms with Crippen LogP contribution in [0.3, 0.4) is 0 Å². The van der Waals surface area contributed by atoms with Crippen LogP contribution in [0.2, 0.25) is 0 Å². The van der Waals surface area contributed by atoms with Crippen LogP contribution >= 0.6 is 0 Å². The van der Waals surface area contributed by atoms with Crippen molar-refractivity contribution < 1.29 is 9.90 Å². The fourth-order valence-electron chi connectivity index (χ4n) is 0.817. The number of carbonyl (C=O) groups excluding carboxylic acids is 1. The molecule has 4 heteroatoms. The van der Waals surface area contributed by atoms with Crippen molar-refractivity contribution in [3.63, 3.8) is 0 Å². The minimum Gasteiger partial charge on any atom is -0.508 e. The molecule has 0 spiro atoms. The second-order valence-corrected chi connectivity index (χ2v) is 2.41. The third kappa shape index (κ3) is 2.83. The Labute approximate surface area is 75.6 Å². The first kappa shape index (κ1) is 9.07. The molecule has 1 aromatic rings. The Kier molecular flexibility index (Phi) is 2.87. The van der Waals surface area contributed by atoms with E-state index in [2.05, 4.69) is 10.2 Å². The molecule has 0 aliphatic carbocycles. The van der Waals surface area contributed by atoms with Crippen molar-refractivity contribution in [3.8, 4) is 5.75 Å². The number of aromatic hydroxyl groups is 1. The molecule has 0 saturated carbocycles. The first-order chi connectivity index (χ1) is 6.22. The van der Waals surface area contributed by atoms with Crippen molar-refractivity contribution >= 4 is 11.6 Å². The molecule has 0 aromatic heterocycles. The molecule has 0 saturated heterocycles. The van der Waals surface area contributed by atoms with Crippen LogP contribution in [-0.4, -0.2) is 17.6 Å². The average Bonchev–Trinajstić information content (AvgIpc) is 2.09. The molecule has 0 fully saturated rings. The van der Waals surface area contributed by atoms with E-state index in [0.29, 0.717) is 5.69 Å². The minimum absolute atomic E-state index is 0.142. The summed E-state index contributed by atoms with van der Waals surface area (Å²) in [6, 6.07) is 6.06. The maximum absolute atomic E-state index is 10.9. The molecule has 4 nitrogen and oxygen atoms in total. The highest BCUT2D eigenvalue weighted by molar-refractivity contribution is 5.93. The number of phenols is 1. The average molecular weight is 176 g/mol. The van der Waals surface area contributed by atoms with Gasteiger partial charge in [-0.2, -0.15) is 0 Å². The zero-order chi connectivity index (χ0) is 9.68. The van der Waals surface area contributed by atoms with Gasteiger partial charge in [-0.1, -0.05) is 0 Å². The van der Waals surface area contributed by atoms with Crippen molar-refractivity contribution in [3.05, 3.63) is 35.7 Å². The SMILES string of the molecule is [C-]#[N+]CC(=O)Nc1ccc(O)cc1. The van der Waals surface area contributed by atoms with Gasteiger partial charge in [0.15, 0.2) is 0 Å². The van der Waals surface area contributed by atoms with E-state index in [-0.39, 0.29) is 18.2 Å². The Morgan fingerprint density at radius 2 is 2.08 bits per heavy atom. The Bertz CT molecular complexity index is 338. The van der Waals surface area contributed by atoms with E-state index in [1.807, 2.05) is 0 Å². The number of rotatable bonds is 2. The maximum Gasteiger partial charge on any atom is 0.304 e. The monoisotopic (exact) mass is 176 g/mol. The highest BCUT2D eigenvalue weighted by atomic mass is 16.3. The summed E-state index contributed by atoms with van der Waals surface area (Å²) >= 11 is 0. The molecule has 1 aromatic carbocycles. The fraction of sp³-hybridized carbons (Fsp3) is 0.111. The summed E-state index contributed by atoms with van der Waals surface area (Å²) in [5.74, 6) is -0.205. The number of hydrogen-bond acceptors (Lipinski definition) is 2. The molecule has 2 N–H and O–H groups in total. The largest absolute Gasteiger partial charge is 0.508 e. The van der Waals surface area contributed by atoms with E-state index in [0.717, 1.165) is 0 Å². The molecule has 0 radical (unpaired) electrons. The van der Waals surface area contributed by atoms with Crippen LogP contribution in [0.4, 0.5) is 5.69 Å². The van der Waals surface area contributed by atoms with Gasteiger partial charge in [-0.05, 0) is 24.3 Å². The molecular weight excluding hydrogens is 168 g/mol. The summed E-state index contributed by atoms with van der Waals surface area (Å²) in [5.41, 5.74) is 0.575. The number of phenolic OH excluding ortho intramolecular Hbond substituents is 1. The number of hydrogen-bond donors (Lipinski definition) is 2. The molecule has 0 aliphatic rings. The smallest absolute Gasteiger partial charge is 0.304 e. The first-order valence-electron chi connectivity index (χ1n) is 3.64. The van der Waals surface area contributed by atoms with Crippen molar-refractivity contribution in [2.24, 2.45) is 0 Å². The van der Waals surface area contributed by atoms with Crippen molar-refractivity contribution in [1.82, 2.24) is 0 Å².